The van der Waals surface area contributed by atoms with Crippen LogP contribution in [0.4, 0.5) is 10.1 Å². The van der Waals surface area contributed by atoms with E-state index < -0.39 is 0 Å². The molecule has 4 nitrogen and oxygen atoms in total. The monoisotopic (exact) mass is 245 g/mol. The van der Waals surface area contributed by atoms with Gasteiger partial charge in [0.05, 0.1) is 11.2 Å². The van der Waals surface area contributed by atoms with Crippen LogP contribution in [0.2, 0.25) is 0 Å². The second kappa shape index (κ2) is 3.60. The first-order valence-corrected chi connectivity index (χ1v) is 5.57. The van der Waals surface area contributed by atoms with Gasteiger partial charge in [-0.1, -0.05) is 0 Å². The summed E-state index contributed by atoms with van der Waals surface area (Å²) in [6.45, 7) is 3.70. The molecule has 3 N–H and O–H groups in total. The quantitative estimate of drug-likeness (QED) is 0.647. The fourth-order valence-corrected chi connectivity index (χ4v) is 1.91. The molecule has 0 aliphatic carbocycles. The van der Waals surface area contributed by atoms with Crippen molar-refractivity contribution >= 4 is 16.6 Å². The molecule has 0 aliphatic heterocycles. The van der Waals surface area contributed by atoms with Crippen LogP contribution in [0.25, 0.3) is 22.5 Å². The SMILES string of the molecule is Cc1nc(-c2cc3c(N)ccc(F)c3[nH]2)oc1C. The van der Waals surface area contributed by atoms with E-state index in [0.29, 0.717) is 28.2 Å². The van der Waals surface area contributed by atoms with Crippen LogP contribution in [-0.4, -0.2) is 9.97 Å². The first-order valence-electron chi connectivity index (χ1n) is 5.57. The zero-order valence-electron chi connectivity index (χ0n) is 10.0. The zero-order valence-corrected chi connectivity index (χ0v) is 10.0. The molecule has 3 aromatic rings. The average molecular weight is 245 g/mol. The molecule has 0 saturated heterocycles. The lowest BCUT2D eigenvalue weighted by Crippen LogP contribution is -1.86. The van der Waals surface area contributed by atoms with E-state index in [4.69, 9.17) is 10.2 Å². The molecule has 0 radical (unpaired) electrons. The number of aromatic nitrogens is 2. The van der Waals surface area contributed by atoms with Crippen LogP contribution in [0.1, 0.15) is 11.5 Å². The normalized spacial score (nSPS) is 11.3. The van der Waals surface area contributed by atoms with Gasteiger partial charge in [0.15, 0.2) is 0 Å². The maximum absolute atomic E-state index is 13.6. The Labute approximate surface area is 103 Å². The highest BCUT2D eigenvalue weighted by Crippen LogP contribution is 2.29. The van der Waals surface area contributed by atoms with Gasteiger partial charge in [0.1, 0.15) is 17.3 Å². The summed E-state index contributed by atoms with van der Waals surface area (Å²) in [5.41, 5.74) is 8.15. The maximum Gasteiger partial charge on any atom is 0.243 e. The van der Waals surface area contributed by atoms with Crippen molar-refractivity contribution in [1.82, 2.24) is 9.97 Å². The smallest absolute Gasteiger partial charge is 0.243 e. The second-order valence-electron chi connectivity index (χ2n) is 4.27. The van der Waals surface area contributed by atoms with E-state index >= 15 is 0 Å². The van der Waals surface area contributed by atoms with E-state index in [-0.39, 0.29) is 5.82 Å². The van der Waals surface area contributed by atoms with Crippen LogP contribution in [0, 0.1) is 19.7 Å². The highest BCUT2D eigenvalue weighted by Gasteiger charge is 2.14. The number of anilines is 1. The summed E-state index contributed by atoms with van der Waals surface area (Å²) in [6.07, 6.45) is 0. The van der Waals surface area contributed by atoms with Crippen molar-refractivity contribution < 1.29 is 8.81 Å². The van der Waals surface area contributed by atoms with Crippen molar-refractivity contribution in [3.8, 4) is 11.6 Å². The molecule has 2 heterocycles. The van der Waals surface area contributed by atoms with E-state index in [1.54, 1.807) is 12.1 Å². The van der Waals surface area contributed by atoms with Gasteiger partial charge in [0.25, 0.3) is 0 Å². The first-order chi connectivity index (χ1) is 8.56. The number of H-pyrrole nitrogens is 1. The first kappa shape index (κ1) is 10.8. The molecule has 5 heteroatoms. The fourth-order valence-electron chi connectivity index (χ4n) is 1.91. The van der Waals surface area contributed by atoms with Crippen LogP contribution in [-0.2, 0) is 0 Å². The Kier molecular flexibility index (Phi) is 2.16. The number of oxazole rings is 1. The molecule has 18 heavy (non-hydrogen) atoms. The lowest BCUT2D eigenvalue weighted by Gasteiger charge is -1.95. The van der Waals surface area contributed by atoms with Gasteiger partial charge in [-0.15, -0.1) is 0 Å². The van der Waals surface area contributed by atoms with Crippen LogP contribution >= 0.6 is 0 Å². The standard InChI is InChI=1S/C13H12FN3O/c1-6-7(2)18-13(16-6)11-5-8-10(15)4-3-9(14)12(8)17-11/h3-5,17H,15H2,1-2H3. The Morgan fingerprint density at radius 1 is 1.33 bits per heavy atom. The molecule has 1 aromatic carbocycles. The van der Waals surface area contributed by atoms with Gasteiger partial charge in [0.2, 0.25) is 5.89 Å². The van der Waals surface area contributed by atoms with Crippen LogP contribution < -0.4 is 5.73 Å². The Balaban J connectivity index is 2.25. The molecule has 0 fully saturated rings. The van der Waals surface area contributed by atoms with E-state index in [0.717, 1.165) is 11.5 Å². The van der Waals surface area contributed by atoms with Gasteiger partial charge < -0.3 is 15.1 Å². The predicted molar refractivity (Wildman–Crippen MR) is 67.6 cm³/mol. The number of nitrogens with one attached hydrogen (secondary N) is 1. The number of hydrogen-bond acceptors (Lipinski definition) is 3. The minimum atomic E-state index is -0.342. The largest absolute Gasteiger partial charge is 0.440 e. The third-order valence-corrected chi connectivity index (χ3v) is 3.04. The van der Waals surface area contributed by atoms with Crippen molar-refractivity contribution in [3.05, 3.63) is 35.5 Å². The van der Waals surface area contributed by atoms with Crippen LogP contribution in [0.15, 0.2) is 22.6 Å². The molecule has 0 amide bonds. The predicted octanol–water partition coefficient (Wildman–Crippen LogP) is 3.16. The summed E-state index contributed by atoms with van der Waals surface area (Å²) in [5, 5.41) is 0.638. The molecular weight excluding hydrogens is 233 g/mol. The summed E-state index contributed by atoms with van der Waals surface area (Å²) in [5.74, 6) is 0.850. The third-order valence-electron chi connectivity index (χ3n) is 3.04. The maximum atomic E-state index is 13.6. The molecule has 0 atom stereocenters. The van der Waals surface area contributed by atoms with E-state index in [1.807, 2.05) is 13.8 Å². The number of nitrogen functional groups attached to an aromatic ring is 1. The second-order valence-corrected chi connectivity index (χ2v) is 4.27. The van der Waals surface area contributed by atoms with Gasteiger partial charge in [0, 0.05) is 11.1 Å². The lowest BCUT2D eigenvalue weighted by atomic mass is 10.2. The number of benzene rings is 1. The third kappa shape index (κ3) is 1.48. The Hall–Kier alpha value is -2.30. The molecule has 3 rings (SSSR count). The highest BCUT2D eigenvalue weighted by molar-refractivity contribution is 5.94. The molecule has 0 unspecified atom stereocenters. The number of halogens is 1. The van der Waals surface area contributed by atoms with E-state index in [1.165, 1.54) is 6.07 Å². The number of fused-ring (bicyclic) bond motifs is 1. The molecular formula is C13H12FN3O. The Morgan fingerprint density at radius 2 is 2.11 bits per heavy atom. The minimum Gasteiger partial charge on any atom is -0.440 e. The molecule has 0 aliphatic rings. The number of rotatable bonds is 1. The summed E-state index contributed by atoms with van der Waals surface area (Å²) < 4.78 is 19.1. The Morgan fingerprint density at radius 3 is 2.72 bits per heavy atom. The average Bonchev–Trinajstić information content (AvgIpc) is 2.90. The molecule has 92 valence electrons. The van der Waals surface area contributed by atoms with Crippen LogP contribution in [0.3, 0.4) is 0 Å². The lowest BCUT2D eigenvalue weighted by molar-refractivity contribution is 0.539. The molecule has 2 aromatic heterocycles. The van der Waals surface area contributed by atoms with Crippen molar-refractivity contribution in [2.24, 2.45) is 0 Å². The molecule has 0 bridgehead atoms. The highest BCUT2D eigenvalue weighted by atomic mass is 19.1. The van der Waals surface area contributed by atoms with Crippen molar-refractivity contribution in [2.45, 2.75) is 13.8 Å². The zero-order chi connectivity index (χ0) is 12.9. The topological polar surface area (TPSA) is 67.8 Å². The fraction of sp³-hybridized carbons (Fsp3) is 0.154. The number of nitrogens with zero attached hydrogens (tertiary/aromatic N) is 1. The van der Waals surface area contributed by atoms with Gasteiger partial charge in [-0.05, 0) is 32.0 Å². The van der Waals surface area contributed by atoms with Crippen molar-refractivity contribution in [3.63, 3.8) is 0 Å². The van der Waals surface area contributed by atoms with Gasteiger partial charge in [-0.3, -0.25) is 0 Å². The molecule has 0 spiro atoms. The van der Waals surface area contributed by atoms with E-state index in [9.17, 15) is 4.39 Å². The number of hydrogen-bond donors (Lipinski definition) is 2. The number of aromatic amines is 1. The van der Waals surface area contributed by atoms with Gasteiger partial charge >= 0.3 is 0 Å². The van der Waals surface area contributed by atoms with Crippen molar-refractivity contribution in [1.29, 1.82) is 0 Å². The number of aryl methyl sites for hydroxylation is 2. The summed E-state index contributed by atoms with van der Waals surface area (Å²) in [6, 6.07) is 4.63. The minimum absolute atomic E-state index is 0.342. The van der Waals surface area contributed by atoms with Gasteiger partial charge in [-0.2, -0.15) is 0 Å². The Bertz CT molecular complexity index is 684. The van der Waals surface area contributed by atoms with Gasteiger partial charge in [-0.25, -0.2) is 9.37 Å². The summed E-state index contributed by atoms with van der Waals surface area (Å²) >= 11 is 0. The number of nitrogens with two attached hydrogens (primary N) is 1. The van der Waals surface area contributed by atoms with E-state index in [2.05, 4.69) is 9.97 Å². The summed E-state index contributed by atoms with van der Waals surface area (Å²) in [4.78, 5) is 7.22. The van der Waals surface area contributed by atoms with Crippen LogP contribution in [0.5, 0.6) is 0 Å². The van der Waals surface area contributed by atoms with Crippen molar-refractivity contribution in [2.75, 3.05) is 5.73 Å². The molecule has 0 saturated carbocycles. The summed E-state index contributed by atoms with van der Waals surface area (Å²) in [7, 11) is 0.